The molecule has 10 aromatic rings. The Balaban J connectivity index is 1.33. The summed E-state index contributed by atoms with van der Waals surface area (Å²) < 4.78 is 50.7. The number of fused-ring (bicyclic) bond motifs is 6. The first kappa shape index (κ1) is 36.0. The van der Waals surface area contributed by atoms with Gasteiger partial charge in [0, 0.05) is 21.5 Å². The highest BCUT2D eigenvalue weighted by Gasteiger charge is 2.36. The number of alkyl halides is 3. The van der Waals surface area contributed by atoms with Crippen LogP contribution in [0.25, 0.3) is 88.4 Å². The number of rotatable bonds is 5. The van der Waals surface area contributed by atoms with Crippen LogP contribution >= 0.6 is 0 Å². The first-order chi connectivity index (χ1) is 29.2. The van der Waals surface area contributed by atoms with E-state index >= 15 is 13.2 Å². The number of aromatic nitrogens is 2. The third-order valence-electron chi connectivity index (χ3n) is 11.2. The minimum atomic E-state index is -4.77. The van der Waals surface area contributed by atoms with Gasteiger partial charge in [-0.25, -0.2) is 0 Å². The maximum atomic E-state index is 15.6. The van der Waals surface area contributed by atoms with Crippen LogP contribution < -0.4 is 0 Å². The normalized spacial score (nSPS) is 11.5. The lowest BCUT2D eigenvalue weighted by molar-refractivity contribution is -0.137. The summed E-state index contributed by atoms with van der Waals surface area (Å²) in [6.45, 7) is 0. The molecule has 0 aliphatic rings. The summed E-state index contributed by atoms with van der Waals surface area (Å²) in [5.74, 6) is 0. The molecule has 2 heterocycles. The summed E-state index contributed by atoms with van der Waals surface area (Å²) in [5.41, 5.74) is 7.91. The van der Waals surface area contributed by atoms with Crippen LogP contribution in [0, 0.1) is 34.0 Å². The van der Waals surface area contributed by atoms with Crippen molar-refractivity contribution < 1.29 is 13.2 Å². The lowest BCUT2D eigenvalue weighted by Crippen LogP contribution is -2.12. The molecule has 282 valence electrons. The van der Waals surface area contributed by atoms with Crippen LogP contribution in [0.15, 0.2) is 170 Å². The monoisotopic (exact) mass is 779 g/mol. The van der Waals surface area contributed by atoms with Gasteiger partial charge in [-0.05, 0) is 118 Å². The summed E-state index contributed by atoms with van der Waals surface area (Å²) >= 11 is 0. The molecule has 0 unspecified atom stereocenters. The van der Waals surface area contributed by atoms with Crippen LogP contribution in [0.1, 0.15) is 22.3 Å². The fourth-order valence-corrected chi connectivity index (χ4v) is 8.53. The molecule has 0 atom stereocenters. The molecule has 0 N–H and O–H groups in total. The van der Waals surface area contributed by atoms with Gasteiger partial charge in [0.2, 0.25) is 0 Å². The van der Waals surface area contributed by atoms with Gasteiger partial charge in [-0.3, -0.25) is 0 Å². The molecule has 60 heavy (non-hydrogen) atoms. The molecule has 0 fully saturated rings. The van der Waals surface area contributed by atoms with E-state index in [0.29, 0.717) is 33.5 Å². The van der Waals surface area contributed by atoms with E-state index in [-0.39, 0.29) is 16.7 Å². The second-order valence-corrected chi connectivity index (χ2v) is 14.6. The van der Waals surface area contributed by atoms with Crippen LogP contribution in [-0.2, 0) is 6.18 Å². The van der Waals surface area contributed by atoms with Crippen molar-refractivity contribution >= 4 is 43.6 Å². The minimum absolute atomic E-state index is 0.0605. The van der Waals surface area contributed by atoms with Crippen molar-refractivity contribution in [2.75, 3.05) is 0 Å². The summed E-state index contributed by atoms with van der Waals surface area (Å²) in [4.78, 5) is 0. The van der Waals surface area contributed by atoms with Crippen LogP contribution in [0.2, 0.25) is 0 Å². The molecule has 10 rings (SSSR count). The summed E-state index contributed by atoms with van der Waals surface area (Å²) in [6, 6.07) is 57.8. The van der Waals surface area contributed by atoms with Crippen LogP contribution in [0.3, 0.4) is 0 Å². The number of benzene rings is 8. The largest absolute Gasteiger partial charge is 0.417 e. The zero-order valence-electron chi connectivity index (χ0n) is 31.5. The highest BCUT2D eigenvalue weighted by atomic mass is 19.4. The van der Waals surface area contributed by atoms with Crippen LogP contribution in [-0.4, -0.2) is 9.13 Å². The molecule has 5 nitrogen and oxygen atoms in total. The van der Waals surface area contributed by atoms with Gasteiger partial charge in [0.25, 0.3) is 0 Å². The third kappa shape index (κ3) is 5.85. The first-order valence-electron chi connectivity index (χ1n) is 19.1. The zero-order valence-corrected chi connectivity index (χ0v) is 31.5. The third-order valence-corrected chi connectivity index (χ3v) is 11.2. The van der Waals surface area contributed by atoms with Gasteiger partial charge >= 0.3 is 6.18 Å². The topological polar surface area (TPSA) is 81.2 Å². The van der Waals surface area contributed by atoms with Crippen LogP contribution in [0.4, 0.5) is 13.2 Å². The molecule has 0 saturated heterocycles. The van der Waals surface area contributed by atoms with Gasteiger partial charge in [-0.15, -0.1) is 0 Å². The predicted molar refractivity (Wildman–Crippen MR) is 231 cm³/mol. The Morgan fingerprint density at radius 2 is 0.767 bits per heavy atom. The van der Waals surface area contributed by atoms with Gasteiger partial charge < -0.3 is 9.13 Å². The summed E-state index contributed by atoms with van der Waals surface area (Å²) in [7, 11) is 0. The smallest absolute Gasteiger partial charge is 0.307 e. The first-order valence-corrected chi connectivity index (χ1v) is 19.1. The van der Waals surface area contributed by atoms with Gasteiger partial charge in [0.05, 0.1) is 73.9 Å². The molecule has 0 aliphatic carbocycles. The standard InChI is InChI=1S/C52H28F3N5/c53-52(54,55)45-28-51(60-47-17-4-2-15-41(47)44-26-38(19-21-49(44)60)36-12-6-9-33(23-36)30-57)50(27-42(45)39-13-7-10-34(24-39)31-58)59-46-16-3-1-14-40(46)43-25-37(18-20-48(43)59)35-11-5-8-32(22-35)29-56/h1-28H. The molecular weight excluding hydrogens is 752 g/mol. The van der Waals surface area contributed by atoms with Crippen molar-refractivity contribution in [1.82, 2.24) is 9.13 Å². The summed E-state index contributed by atoms with van der Waals surface area (Å²) in [5, 5.41) is 32.5. The predicted octanol–water partition coefficient (Wildman–Crippen LogP) is 13.5. The van der Waals surface area contributed by atoms with Gasteiger partial charge in [0.1, 0.15) is 0 Å². The molecule has 8 aromatic carbocycles. The highest BCUT2D eigenvalue weighted by molar-refractivity contribution is 6.13. The lowest BCUT2D eigenvalue weighted by atomic mass is 9.95. The molecule has 2 aromatic heterocycles. The maximum Gasteiger partial charge on any atom is 0.417 e. The van der Waals surface area contributed by atoms with E-state index in [9.17, 15) is 15.8 Å². The molecule has 8 heteroatoms. The van der Waals surface area contributed by atoms with Crippen molar-refractivity contribution in [2.24, 2.45) is 0 Å². The highest BCUT2D eigenvalue weighted by Crippen LogP contribution is 2.46. The number of hydrogen-bond acceptors (Lipinski definition) is 3. The van der Waals surface area contributed by atoms with E-state index in [2.05, 4.69) is 24.3 Å². The quantitative estimate of drug-likeness (QED) is 0.174. The van der Waals surface area contributed by atoms with Crippen LogP contribution in [0.5, 0.6) is 0 Å². The van der Waals surface area contributed by atoms with E-state index in [1.807, 2.05) is 124 Å². The molecule has 0 bridgehead atoms. The van der Waals surface area contributed by atoms with Crippen molar-refractivity contribution in [1.29, 1.82) is 15.8 Å². The number of nitrogens with zero attached hydrogens (tertiary/aromatic N) is 5. The number of para-hydroxylation sites is 2. The van der Waals surface area contributed by atoms with Crippen molar-refractivity contribution in [3.05, 3.63) is 192 Å². The second-order valence-electron chi connectivity index (χ2n) is 14.6. The Morgan fingerprint density at radius 3 is 1.23 bits per heavy atom. The van der Waals surface area contributed by atoms with E-state index in [1.54, 1.807) is 36.4 Å². The van der Waals surface area contributed by atoms with Crippen molar-refractivity contribution in [3.63, 3.8) is 0 Å². The van der Waals surface area contributed by atoms with E-state index in [1.165, 1.54) is 12.1 Å². The molecule has 0 aliphatic heterocycles. The second kappa shape index (κ2) is 13.9. The van der Waals surface area contributed by atoms with Gasteiger partial charge in [-0.1, -0.05) is 84.9 Å². The Morgan fingerprint density at radius 1 is 0.367 bits per heavy atom. The average molecular weight is 780 g/mol. The Bertz CT molecular complexity index is 3530. The molecule has 0 spiro atoms. The molecular formula is C52H28F3N5. The van der Waals surface area contributed by atoms with Crippen molar-refractivity contribution in [3.8, 4) is 63.0 Å². The summed E-state index contributed by atoms with van der Waals surface area (Å²) in [6.07, 6.45) is -4.77. The lowest BCUT2D eigenvalue weighted by Gasteiger charge is -2.22. The minimum Gasteiger partial charge on any atom is -0.307 e. The SMILES string of the molecule is N#Cc1cccc(-c2ccc3c(c2)c2ccccc2n3-c2cc(-c3cccc(C#N)c3)c(C(F)(F)F)cc2-n2c3ccccc3c3cc(-c4cccc(C#N)c4)ccc32)c1. The maximum absolute atomic E-state index is 15.6. The number of hydrogen-bond donors (Lipinski definition) is 0. The average Bonchev–Trinajstić information content (AvgIpc) is 3.80. The molecule has 0 amide bonds. The molecule has 0 radical (unpaired) electrons. The van der Waals surface area contributed by atoms with E-state index in [4.69, 9.17) is 0 Å². The zero-order chi connectivity index (χ0) is 41.1. The number of halogens is 3. The van der Waals surface area contributed by atoms with Gasteiger partial charge in [0.15, 0.2) is 0 Å². The van der Waals surface area contributed by atoms with Gasteiger partial charge in [-0.2, -0.15) is 29.0 Å². The number of nitriles is 3. The Hall–Kier alpha value is -8.38. The van der Waals surface area contributed by atoms with Crippen molar-refractivity contribution in [2.45, 2.75) is 6.18 Å². The van der Waals surface area contributed by atoms with E-state index in [0.717, 1.165) is 54.8 Å². The Labute approximate surface area is 341 Å². The van der Waals surface area contributed by atoms with E-state index < -0.39 is 11.7 Å². The fourth-order valence-electron chi connectivity index (χ4n) is 8.53. The Kier molecular flexibility index (Phi) is 8.35. The fraction of sp³-hybridized carbons (Fsp3) is 0.0192. The molecule has 0 saturated carbocycles.